The van der Waals surface area contributed by atoms with E-state index < -0.39 is 0 Å². The molecule has 0 unspecified atom stereocenters. The van der Waals surface area contributed by atoms with E-state index in [0.29, 0.717) is 17.8 Å². The monoisotopic (exact) mass is 358 g/mol. The molecule has 1 aromatic carbocycles. The zero-order valence-corrected chi connectivity index (χ0v) is 14.8. The maximum absolute atomic E-state index is 12.3. The molecule has 0 radical (unpaired) electrons. The van der Waals surface area contributed by atoms with Crippen LogP contribution in [0.1, 0.15) is 21.5 Å². The van der Waals surface area contributed by atoms with E-state index >= 15 is 0 Å². The van der Waals surface area contributed by atoms with Gasteiger partial charge < -0.3 is 5.32 Å². The van der Waals surface area contributed by atoms with E-state index in [0.717, 1.165) is 17.1 Å². The molecule has 0 atom stereocenters. The van der Waals surface area contributed by atoms with Crippen LogP contribution in [0.2, 0.25) is 0 Å². The average Bonchev–Trinajstić information content (AvgIpc) is 3.18. The summed E-state index contributed by atoms with van der Waals surface area (Å²) in [7, 11) is 0. The maximum atomic E-state index is 12.3. The third kappa shape index (κ3) is 3.71. The average molecular weight is 358 g/mol. The first-order chi connectivity index (χ1) is 11.7. The Labute approximate surface area is 149 Å². The Morgan fingerprint density at radius 3 is 2.75 bits per heavy atom. The van der Waals surface area contributed by atoms with Gasteiger partial charge in [-0.25, -0.2) is 0 Å². The minimum Gasteiger partial charge on any atom is -0.354 e. The van der Waals surface area contributed by atoms with Gasteiger partial charge in [-0.1, -0.05) is 24.8 Å². The first-order valence-corrected chi connectivity index (χ1v) is 9.72. The molecule has 2 aromatic rings. The van der Waals surface area contributed by atoms with Crippen LogP contribution >= 0.6 is 23.1 Å². The van der Waals surface area contributed by atoms with Crippen molar-refractivity contribution in [2.24, 2.45) is 0 Å². The Bertz CT molecular complexity index is 721. The lowest BCUT2D eigenvalue weighted by Gasteiger charge is -2.16. The molecule has 4 nitrogen and oxygen atoms in total. The van der Waals surface area contributed by atoms with Gasteiger partial charge >= 0.3 is 0 Å². The summed E-state index contributed by atoms with van der Waals surface area (Å²) in [5, 5.41) is 7.06. The van der Waals surface area contributed by atoms with Gasteiger partial charge in [-0.2, -0.15) is 23.1 Å². The second-order valence-electron chi connectivity index (χ2n) is 5.42. The molecule has 124 valence electrons. The molecule has 0 spiro atoms. The molecular weight excluding hydrogens is 340 g/mol. The SMILES string of the molecule is C=C1c2ccccc2C(=O)N1CC(=O)NCCSCc1ccsc1. The smallest absolute Gasteiger partial charge is 0.259 e. The second kappa shape index (κ2) is 7.68. The van der Waals surface area contributed by atoms with Crippen LogP contribution in [0.4, 0.5) is 0 Å². The van der Waals surface area contributed by atoms with Crippen molar-refractivity contribution < 1.29 is 9.59 Å². The predicted molar refractivity (Wildman–Crippen MR) is 100 cm³/mol. The topological polar surface area (TPSA) is 49.4 Å². The minimum atomic E-state index is -0.159. The molecule has 2 heterocycles. The van der Waals surface area contributed by atoms with Crippen molar-refractivity contribution in [2.75, 3.05) is 18.8 Å². The number of hydrogen-bond acceptors (Lipinski definition) is 4. The number of nitrogens with one attached hydrogen (secondary N) is 1. The molecule has 0 aliphatic carbocycles. The standard InChI is InChI=1S/C18H18N2O2S2/c1-13-15-4-2-3-5-16(15)18(22)20(13)10-17(21)19-7-9-24-12-14-6-8-23-11-14/h2-6,8,11H,1,7,9-10,12H2,(H,19,21). The van der Waals surface area contributed by atoms with Crippen LogP contribution < -0.4 is 5.32 Å². The van der Waals surface area contributed by atoms with Crippen molar-refractivity contribution in [1.82, 2.24) is 10.2 Å². The number of carbonyl (C=O) groups excluding carboxylic acids is 2. The van der Waals surface area contributed by atoms with Gasteiger partial charge in [-0.15, -0.1) is 0 Å². The summed E-state index contributed by atoms with van der Waals surface area (Å²) in [5.41, 5.74) is 3.33. The number of benzene rings is 1. The summed E-state index contributed by atoms with van der Waals surface area (Å²) in [6.07, 6.45) is 0. The highest BCUT2D eigenvalue weighted by molar-refractivity contribution is 7.98. The fourth-order valence-electron chi connectivity index (χ4n) is 2.53. The van der Waals surface area contributed by atoms with E-state index in [1.807, 2.05) is 18.2 Å². The van der Waals surface area contributed by atoms with Gasteiger partial charge in [0.15, 0.2) is 0 Å². The molecular formula is C18H18N2O2S2. The lowest BCUT2D eigenvalue weighted by molar-refractivity contribution is -0.121. The Morgan fingerprint density at radius 1 is 1.25 bits per heavy atom. The van der Waals surface area contributed by atoms with E-state index in [2.05, 4.69) is 28.7 Å². The zero-order valence-electron chi connectivity index (χ0n) is 13.2. The van der Waals surface area contributed by atoms with Gasteiger partial charge in [0.25, 0.3) is 5.91 Å². The summed E-state index contributed by atoms with van der Waals surface area (Å²) < 4.78 is 0. The highest BCUT2D eigenvalue weighted by atomic mass is 32.2. The highest BCUT2D eigenvalue weighted by Crippen LogP contribution is 2.30. The van der Waals surface area contributed by atoms with Gasteiger partial charge in [0.1, 0.15) is 6.54 Å². The largest absolute Gasteiger partial charge is 0.354 e. The summed E-state index contributed by atoms with van der Waals surface area (Å²) in [6, 6.07) is 9.42. The predicted octanol–water partition coefficient (Wildman–Crippen LogP) is 3.22. The lowest BCUT2D eigenvalue weighted by atomic mass is 10.1. The summed E-state index contributed by atoms with van der Waals surface area (Å²) >= 11 is 3.47. The molecule has 6 heteroatoms. The van der Waals surface area contributed by atoms with Gasteiger partial charge in [0, 0.05) is 34.9 Å². The van der Waals surface area contributed by atoms with Crippen LogP contribution in [0.15, 0.2) is 47.7 Å². The summed E-state index contributed by atoms with van der Waals surface area (Å²) in [5.74, 6) is 1.48. The van der Waals surface area contributed by atoms with Crippen molar-refractivity contribution in [1.29, 1.82) is 0 Å². The normalized spacial score (nSPS) is 13.2. The first-order valence-electron chi connectivity index (χ1n) is 7.62. The fraction of sp³-hybridized carbons (Fsp3) is 0.222. The summed E-state index contributed by atoms with van der Waals surface area (Å²) in [6.45, 7) is 4.55. The fourth-order valence-corrected chi connectivity index (χ4v) is 4.11. The molecule has 0 saturated heterocycles. The number of thioether (sulfide) groups is 1. The van der Waals surface area contributed by atoms with Crippen LogP contribution in [-0.4, -0.2) is 35.6 Å². The van der Waals surface area contributed by atoms with Gasteiger partial charge in [-0.05, 0) is 28.5 Å². The van der Waals surface area contributed by atoms with Crippen LogP contribution in [0.25, 0.3) is 5.70 Å². The van der Waals surface area contributed by atoms with E-state index in [1.54, 1.807) is 29.2 Å². The Hall–Kier alpha value is -2.05. The lowest BCUT2D eigenvalue weighted by Crippen LogP contribution is -2.37. The molecule has 0 saturated carbocycles. The maximum Gasteiger partial charge on any atom is 0.259 e. The van der Waals surface area contributed by atoms with E-state index in [4.69, 9.17) is 0 Å². The quantitative estimate of drug-likeness (QED) is 0.773. The van der Waals surface area contributed by atoms with Crippen molar-refractivity contribution in [3.63, 3.8) is 0 Å². The van der Waals surface area contributed by atoms with Crippen LogP contribution in [-0.2, 0) is 10.5 Å². The Kier molecular flexibility index (Phi) is 5.37. The van der Waals surface area contributed by atoms with Crippen LogP contribution in [0, 0.1) is 0 Å². The zero-order chi connectivity index (χ0) is 16.9. The molecule has 0 fully saturated rings. The molecule has 3 rings (SSSR count). The molecule has 1 N–H and O–H groups in total. The van der Waals surface area contributed by atoms with Crippen LogP contribution in [0.5, 0.6) is 0 Å². The molecule has 1 aliphatic heterocycles. The molecule has 1 aliphatic rings. The first kappa shape index (κ1) is 16.8. The number of amides is 2. The number of hydrogen-bond donors (Lipinski definition) is 1. The third-order valence-electron chi connectivity index (χ3n) is 3.76. The number of nitrogens with zero attached hydrogens (tertiary/aromatic N) is 1. The van der Waals surface area contributed by atoms with E-state index in [9.17, 15) is 9.59 Å². The minimum absolute atomic E-state index is 0.0154. The Balaban J connectivity index is 1.42. The number of carbonyl (C=O) groups is 2. The molecule has 24 heavy (non-hydrogen) atoms. The van der Waals surface area contributed by atoms with Gasteiger partial charge in [-0.3, -0.25) is 14.5 Å². The summed E-state index contributed by atoms with van der Waals surface area (Å²) in [4.78, 5) is 25.9. The highest BCUT2D eigenvalue weighted by Gasteiger charge is 2.31. The molecule has 2 amide bonds. The van der Waals surface area contributed by atoms with Crippen molar-refractivity contribution in [3.8, 4) is 0 Å². The number of fused-ring (bicyclic) bond motifs is 1. The van der Waals surface area contributed by atoms with Gasteiger partial charge in [0.2, 0.25) is 5.91 Å². The van der Waals surface area contributed by atoms with Crippen molar-refractivity contribution in [3.05, 3.63) is 64.4 Å². The number of thiophene rings is 1. The molecule has 0 bridgehead atoms. The molecule has 1 aromatic heterocycles. The van der Waals surface area contributed by atoms with Crippen molar-refractivity contribution in [2.45, 2.75) is 5.75 Å². The van der Waals surface area contributed by atoms with Gasteiger partial charge in [0.05, 0.1) is 0 Å². The third-order valence-corrected chi connectivity index (χ3v) is 5.52. The Morgan fingerprint density at radius 2 is 2.04 bits per heavy atom. The van der Waals surface area contributed by atoms with E-state index in [-0.39, 0.29) is 18.4 Å². The second-order valence-corrected chi connectivity index (χ2v) is 7.30. The van der Waals surface area contributed by atoms with Crippen LogP contribution in [0.3, 0.4) is 0 Å². The van der Waals surface area contributed by atoms with Crippen molar-refractivity contribution >= 4 is 40.6 Å². The number of rotatable bonds is 7. The van der Waals surface area contributed by atoms with E-state index in [1.165, 1.54) is 10.5 Å².